The average molecular weight is 208 g/mol. The van der Waals surface area contributed by atoms with Crippen molar-refractivity contribution in [3.63, 3.8) is 0 Å². The molecule has 2 aromatic rings. The summed E-state index contributed by atoms with van der Waals surface area (Å²) in [5.74, 6) is 0.544. The number of nitrogens with zero attached hydrogens (tertiary/aromatic N) is 3. The number of anilines is 1. The van der Waals surface area contributed by atoms with Gasteiger partial charge in [0.1, 0.15) is 0 Å². The summed E-state index contributed by atoms with van der Waals surface area (Å²) in [6, 6.07) is 2.09. The van der Waals surface area contributed by atoms with Gasteiger partial charge in [-0.05, 0) is 28.8 Å². The van der Waals surface area contributed by atoms with Crippen molar-refractivity contribution in [3.8, 4) is 0 Å². The molecule has 0 fully saturated rings. The molecule has 0 spiro atoms. The highest BCUT2D eigenvalue weighted by Crippen LogP contribution is 2.12. The predicted molar refractivity (Wildman–Crippen MR) is 57.2 cm³/mol. The van der Waals surface area contributed by atoms with E-state index in [9.17, 15) is 0 Å². The lowest BCUT2D eigenvalue weighted by molar-refractivity contribution is 0.623. The van der Waals surface area contributed by atoms with Gasteiger partial charge in [-0.1, -0.05) is 12.1 Å². The van der Waals surface area contributed by atoms with E-state index in [0.29, 0.717) is 5.82 Å². The van der Waals surface area contributed by atoms with Gasteiger partial charge >= 0.3 is 0 Å². The number of nitrogens with two attached hydrogens (primary N) is 1. The molecular formula is C9H12N4S. The summed E-state index contributed by atoms with van der Waals surface area (Å²) >= 11 is 1.69. The van der Waals surface area contributed by atoms with Crippen molar-refractivity contribution in [1.29, 1.82) is 0 Å². The summed E-state index contributed by atoms with van der Waals surface area (Å²) in [5, 5.41) is 12.0. The fourth-order valence-electron chi connectivity index (χ4n) is 1.39. The fraction of sp³-hybridized carbons (Fsp3) is 0.333. The standard InChI is InChI=1S/C9H12N4S/c1-2-8-9(10)11-12-13(8)5-7-3-4-14-6-7/h3-4,6H,2,5,10H2,1H3. The Bertz CT molecular complexity index is 404. The maximum Gasteiger partial charge on any atom is 0.169 e. The largest absolute Gasteiger partial charge is 0.381 e. The maximum absolute atomic E-state index is 5.69. The van der Waals surface area contributed by atoms with E-state index in [1.807, 2.05) is 4.68 Å². The van der Waals surface area contributed by atoms with Crippen molar-refractivity contribution < 1.29 is 0 Å². The SMILES string of the molecule is CCc1c(N)nnn1Cc1ccsc1. The normalized spacial score (nSPS) is 10.6. The van der Waals surface area contributed by atoms with Crippen LogP contribution in [0.4, 0.5) is 5.82 Å². The Balaban J connectivity index is 2.25. The van der Waals surface area contributed by atoms with E-state index in [1.165, 1.54) is 5.56 Å². The Morgan fingerprint density at radius 3 is 3.07 bits per heavy atom. The number of rotatable bonds is 3. The first-order valence-electron chi connectivity index (χ1n) is 4.50. The highest BCUT2D eigenvalue weighted by atomic mass is 32.1. The van der Waals surface area contributed by atoms with Crippen LogP contribution in [-0.2, 0) is 13.0 Å². The molecule has 74 valence electrons. The lowest BCUT2D eigenvalue weighted by Crippen LogP contribution is -2.05. The number of hydrogen-bond donors (Lipinski definition) is 1. The minimum atomic E-state index is 0.544. The number of thiophene rings is 1. The van der Waals surface area contributed by atoms with Gasteiger partial charge in [0, 0.05) is 0 Å². The van der Waals surface area contributed by atoms with Crippen molar-refractivity contribution in [2.45, 2.75) is 19.9 Å². The topological polar surface area (TPSA) is 56.7 Å². The highest BCUT2D eigenvalue weighted by Gasteiger charge is 2.07. The van der Waals surface area contributed by atoms with Gasteiger partial charge in [0.15, 0.2) is 5.82 Å². The molecule has 0 aliphatic carbocycles. The molecule has 14 heavy (non-hydrogen) atoms. The monoisotopic (exact) mass is 208 g/mol. The highest BCUT2D eigenvalue weighted by molar-refractivity contribution is 7.07. The Kier molecular flexibility index (Phi) is 2.49. The zero-order chi connectivity index (χ0) is 9.97. The molecule has 0 radical (unpaired) electrons. The molecule has 2 rings (SSSR count). The van der Waals surface area contributed by atoms with E-state index in [4.69, 9.17) is 5.73 Å². The van der Waals surface area contributed by atoms with E-state index in [-0.39, 0.29) is 0 Å². The van der Waals surface area contributed by atoms with E-state index in [2.05, 4.69) is 34.1 Å². The first kappa shape index (κ1) is 9.21. The second kappa shape index (κ2) is 3.79. The Hall–Kier alpha value is -1.36. The van der Waals surface area contributed by atoms with Gasteiger partial charge in [-0.25, -0.2) is 4.68 Å². The lowest BCUT2D eigenvalue weighted by atomic mass is 10.3. The Morgan fingerprint density at radius 1 is 1.57 bits per heavy atom. The van der Waals surface area contributed by atoms with Crippen LogP contribution in [0, 0.1) is 0 Å². The van der Waals surface area contributed by atoms with E-state index < -0.39 is 0 Å². The van der Waals surface area contributed by atoms with Crippen LogP contribution < -0.4 is 5.73 Å². The fourth-order valence-corrected chi connectivity index (χ4v) is 2.05. The number of nitrogen functional groups attached to an aromatic ring is 1. The second-order valence-corrected chi connectivity index (χ2v) is 3.84. The molecule has 2 heterocycles. The van der Waals surface area contributed by atoms with E-state index in [0.717, 1.165) is 18.7 Å². The van der Waals surface area contributed by atoms with E-state index in [1.54, 1.807) is 11.3 Å². The van der Waals surface area contributed by atoms with Crippen LogP contribution in [0.2, 0.25) is 0 Å². The Labute approximate surface area is 86.4 Å². The molecule has 2 N–H and O–H groups in total. The smallest absolute Gasteiger partial charge is 0.169 e. The average Bonchev–Trinajstić information content (AvgIpc) is 2.77. The third kappa shape index (κ3) is 1.63. The van der Waals surface area contributed by atoms with Gasteiger partial charge in [-0.15, -0.1) is 5.10 Å². The van der Waals surface area contributed by atoms with E-state index >= 15 is 0 Å². The number of aromatic nitrogens is 3. The quantitative estimate of drug-likeness (QED) is 0.832. The third-order valence-electron chi connectivity index (χ3n) is 2.11. The van der Waals surface area contributed by atoms with Gasteiger partial charge in [0.05, 0.1) is 12.2 Å². The molecule has 0 amide bonds. The van der Waals surface area contributed by atoms with Crippen molar-refractivity contribution in [3.05, 3.63) is 28.1 Å². The van der Waals surface area contributed by atoms with Gasteiger partial charge in [0.25, 0.3) is 0 Å². The van der Waals surface area contributed by atoms with Crippen LogP contribution in [0.5, 0.6) is 0 Å². The maximum atomic E-state index is 5.69. The van der Waals surface area contributed by atoms with Crippen LogP contribution in [0.15, 0.2) is 16.8 Å². The van der Waals surface area contributed by atoms with Crippen LogP contribution in [0.25, 0.3) is 0 Å². The van der Waals surface area contributed by atoms with Crippen LogP contribution in [-0.4, -0.2) is 15.0 Å². The van der Waals surface area contributed by atoms with Crippen LogP contribution in [0.1, 0.15) is 18.2 Å². The lowest BCUT2D eigenvalue weighted by Gasteiger charge is -2.02. The molecule has 0 unspecified atom stereocenters. The van der Waals surface area contributed by atoms with Gasteiger partial charge in [-0.3, -0.25) is 0 Å². The minimum absolute atomic E-state index is 0.544. The van der Waals surface area contributed by atoms with Gasteiger partial charge < -0.3 is 5.73 Å². The summed E-state index contributed by atoms with van der Waals surface area (Å²) in [4.78, 5) is 0. The third-order valence-corrected chi connectivity index (χ3v) is 2.85. The molecule has 0 saturated heterocycles. The molecule has 0 aliphatic rings. The number of hydrogen-bond acceptors (Lipinski definition) is 4. The molecule has 0 aliphatic heterocycles. The van der Waals surface area contributed by atoms with Crippen LogP contribution >= 0.6 is 11.3 Å². The summed E-state index contributed by atoms with van der Waals surface area (Å²) in [6.45, 7) is 2.82. The summed E-state index contributed by atoms with van der Waals surface area (Å²) in [5.41, 5.74) is 7.94. The van der Waals surface area contributed by atoms with Crippen molar-refractivity contribution >= 4 is 17.2 Å². The first-order chi connectivity index (χ1) is 6.81. The summed E-state index contributed by atoms with van der Waals surface area (Å²) in [7, 11) is 0. The summed E-state index contributed by atoms with van der Waals surface area (Å²) in [6.07, 6.45) is 0.864. The van der Waals surface area contributed by atoms with Crippen molar-refractivity contribution in [1.82, 2.24) is 15.0 Å². The minimum Gasteiger partial charge on any atom is -0.381 e. The zero-order valence-electron chi connectivity index (χ0n) is 7.97. The molecule has 0 bridgehead atoms. The van der Waals surface area contributed by atoms with Crippen molar-refractivity contribution in [2.24, 2.45) is 0 Å². The Morgan fingerprint density at radius 2 is 2.43 bits per heavy atom. The first-order valence-corrected chi connectivity index (χ1v) is 5.44. The van der Waals surface area contributed by atoms with Gasteiger partial charge in [-0.2, -0.15) is 11.3 Å². The van der Waals surface area contributed by atoms with Gasteiger partial charge in [0.2, 0.25) is 0 Å². The molecule has 0 saturated carbocycles. The zero-order valence-corrected chi connectivity index (χ0v) is 8.79. The molecule has 5 heteroatoms. The van der Waals surface area contributed by atoms with Crippen LogP contribution in [0.3, 0.4) is 0 Å². The summed E-state index contributed by atoms with van der Waals surface area (Å²) < 4.78 is 1.86. The predicted octanol–water partition coefficient (Wildman–Crippen LogP) is 1.53. The molecule has 4 nitrogen and oxygen atoms in total. The van der Waals surface area contributed by atoms with Crippen molar-refractivity contribution in [2.75, 3.05) is 5.73 Å². The second-order valence-electron chi connectivity index (χ2n) is 3.06. The molecule has 0 aromatic carbocycles. The molecular weight excluding hydrogens is 196 g/mol. The molecule has 2 aromatic heterocycles. The molecule has 0 atom stereocenters.